The number of carbonyl (C=O) groups excluding carboxylic acids is 1. The molecular formula is C11H9FN2O. The number of hydrogen-bond acceptors (Lipinski definition) is 2. The second-order valence-electron chi connectivity index (χ2n) is 3.29. The number of rotatable bonds is 2. The average molecular weight is 204 g/mol. The molecule has 0 saturated carbocycles. The maximum atomic E-state index is 13.2. The van der Waals surface area contributed by atoms with Gasteiger partial charge in [-0.05, 0) is 24.6 Å². The molecule has 76 valence electrons. The van der Waals surface area contributed by atoms with Crippen molar-refractivity contribution in [2.75, 3.05) is 0 Å². The molecule has 15 heavy (non-hydrogen) atoms. The van der Waals surface area contributed by atoms with Crippen LogP contribution in [0.4, 0.5) is 4.39 Å². The van der Waals surface area contributed by atoms with E-state index in [-0.39, 0.29) is 5.82 Å². The van der Waals surface area contributed by atoms with E-state index in [0.29, 0.717) is 28.8 Å². The van der Waals surface area contributed by atoms with Gasteiger partial charge in [-0.15, -0.1) is 0 Å². The Bertz CT molecular complexity index is 505. The highest BCUT2D eigenvalue weighted by molar-refractivity contribution is 5.75. The zero-order valence-electron chi connectivity index (χ0n) is 8.12. The molecule has 1 aromatic heterocycles. The van der Waals surface area contributed by atoms with Gasteiger partial charge in [0.1, 0.15) is 5.82 Å². The number of H-pyrrole nitrogens is 1. The predicted octanol–water partition coefficient (Wildman–Crippen LogP) is 2.34. The van der Waals surface area contributed by atoms with Crippen LogP contribution in [0.1, 0.15) is 16.1 Å². The minimum atomic E-state index is -0.275. The predicted molar refractivity (Wildman–Crippen MR) is 54.1 cm³/mol. The zero-order valence-corrected chi connectivity index (χ0v) is 8.12. The summed E-state index contributed by atoms with van der Waals surface area (Å²) in [6.07, 6.45) is 0.668. The Balaban J connectivity index is 2.44. The van der Waals surface area contributed by atoms with Gasteiger partial charge in [0.05, 0.1) is 11.4 Å². The summed E-state index contributed by atoms with van der Waals surface area (Å²) in [4.78, 5) is 10.4. The summed E-state index contributed by atoms with van der Waals surface area (Å²) in [6.45, 7) is 1.69. The van der Waals surface area contributed by atoms with E-state index in [9.17, 15) is 9.18 Å². The second kappa shape index (κ2) is 3.65. The van der Waals surface area contributed by atoms with Crippen LogP contribution in [0.2, 0.25) is 0 Å². The number of halogens is 1. The first kappa shape index (κ1) is 9.58. The molecule has 2 aromatic rings. The van der Waals surface area contributed by atoms with E-state index in [1.165, 1.54) is 6.07 Å². The molecule has 0 radical (unpaired) electrons. The van der Waals surface area contributed by atoms with Crippen LogP contribution in [0.15, 0.2) is 24.3 Å². The summed E-state index contributed by atoms with van der Waals surface area (Å²) in [5, 5.41) is 6.45. The second-order valence-corrected chi connectivity index (χ2v) is 3.29. The van der Waals surface area contributed by atoms with Crippen LogP contribution in [0.25, 0.3) is 11.3 Å². The number of carbonyl (C=O) groups is 1. The number of aromatic amines is 1. The SMILES string of the molecule is Cc1ccc(-c2cc(C=O)[nH]n2)cc1F. The molecule has 0 bridgehead atoms. The number of aromatic nitrogens is 2. The van der Waals surface area contributed by atoms with Crippen LogP contribution in [-0.2, 0) is 0 Å². The van der Waals surface area contributed by atoms with Crippen LogP contribution < -0.4 is 0 Å². The van der Waals surface area contributed by atoms with Crippen molar-refractivity contribution in [2.24, 2.45) is 0 Å². The normalized spacial score (nSPS) is 10.3. The van der Waals surface area contributed by atoms with E-state index < -0.39 is 0 Å². The lowest BCUT2D eigenvalue weighted by atomic mass is 10.1. The summed E-state index contributed by atoms with van der Waals surface area (Å²) in [5.41, 5.74) is 2.19. The van der Waals surface area contributed by atoms with Crippen molar-refractivity contribution >= 4 is 6.29 Å². The van der Waals surface area contributed by atoms with E-state index >= 15 is 0 Å². The molecule has 1 heterocycles. The minimum Gasteiger partial charge on any atom is -0.296 e. The van der Waals surface area contributed by atoms with E-state index in [1.807, 2.05) is 0 Å². The Labute approximate surface area is 85.9 Å². The van der Waals surface area contributed by atoms with Gasteiger partial charge in [-0.3, -0.25) is 9.89 Å². The lowest BCUT2D eigenvalue weighted by molar-refractivity contribution is 0.111. The number of nitrogens with one attached hydrogen (secondary N) is 1. The standard InChI is InChI=1S/C11H9FN2O/c1-7-2-3-8(4-10(7)12)11-5-9(6-15)13-14-11/h2-6H,1H3,(H,13,14). The average Bonchev–Trinajstić information content (AvgIpc) is 2.70. The number of nitrogens with zero attached hydrogens (tertiary/aromatic N) is 1. The van der Waals surface area contributed by atoms with Gasteiger partial charge in [-0.25, -0.2) is 4.39 Å². The van der Waals surface area contributed by atoms with E-state index in [2.05, 4.69) is 10.2 Å². The van der Waals surface area contributed by atoms with Crippen LogP contribution in [0.3, 0.4) is 0 Å². The van der Waals surface area contributed by atoms with Crippen molar-refractivity contribution in [3.8, 4) is 11.3 Å². The van der Waals surface area contributed by atoms with E-state index in [0.717, 1.165) is 0 Å². The first-order valence-electron chi connectivity index (χ1n) is 4.48. The number of benzene rings is 1. The molecule has 2 rings (SSSR count). The highest BCUT2D eigenvalue weighted by Crippen LogP contribution is 2.19. The molecule has 1 N–H and O–H groups in total. The van der Waals surface area contributed by atoms with Crippen LogP contribution in [-0.4, -0.2) is 16.5 Å². The first-order valence-corrected chi connectivity index (χ1v) is 4.48. The molecule has 0 amide bonds. The van der Waals surface area contributed by atoms with Crippen molar-refractivity contribution in [3.05, 3.63) is 41.3 Å². The molecule has 0 saturated heterocycles. The fourth-order valence-corrected chi connectivity index (χ4v) is 1.30. The number of hydrogen-bond donors (Lipinski definition) is 1. The highest BCUT2D eigenvalue weighted by Gasteiger charge is 2.05. The fraction of sp³-hybridized carbons (Fsp3) is 0.0909. The summed E-state index contributed by atoms with van der Waals surface area (Å²) in [7, 11) is 0. The van der Waals surface area contributed by atoms with Gasteiger partial charge >= 0.3 is 0 Å². The molecule has 4 heteroatoms. The smallest absolute Gasteiger partial charge is 0.167 e. The lowest BCUT2D eigenvalue weighted by Crippen LogP contribution is -1.84. The molecule has 1 aromatic carbocycles. The summed E-state index contributed by atoms with van der Waals surface area (Å²) >= 11 is 0. The third kappa shape index (κ3) is 1.79. The summed E-state index contributed by atoms with van der Waals surface area (Å²) in [6, 6.07) is 6.43. The third-order valence-corrected chi connectivity index (χ3v) is 2.19. The minimum absolute atomic E-state index is 0.275. The fourth-order valence-electron chi connectivity index (χ4n) is 1.30. The van der Waals surface area contributed by atoms with Gasteiger partial charge in [-0.1, -0.05) is 12.1 Å². The number of aryl methyl sites for hydroxylation is 1. The van der Waals surface area contributed by atoms with Gasteiger partial charge in [0.2, 0.25) is 0 Å². The largest absolute Gasteiger partial charge is 0.296 e. The quantitative estimate of drug-likeness (QED) is 0.763. The number of aldehydes is 1. The molecule has 0 spiro atoms. The van der Waals surface area contributed by atoms with Crippen molar-refractivity contribution < 1.29 is 9.18 Å². The Morgan fingerprint density at radius 1 is 1.40 bits per heavy atom. The zero-order chi connectivity index (χ0) is 10.8. The molecule has 0 atom stereocenters. The third-order valence-electron chi connectivity index (χ3n) is 2.19. The maximum Gasteiger partial charge on any atom is 0.167 e. The Morgan fingerprint density at radius 2 is 2.20 bits per heavy atom. The molecule has 0 aliphatic rings. The monoisotopic (exact) mass is 204 g/mol. The van der Waals surface area contributed by atoms with Crippen molar-refractivity contribution in [2.45, 2.75) is 6.92 Å². The Morgan fingerprint density at radius 3 is 2.80 bits per heavy atom. The van der Waals surface area contributed by atoms with Gasteiger partial charge in [0.15, 0.2) is 6.29 Å². The van der Waals surface area contributed by atoms with Crippen LogP contribution >= 0.6 is 0 Å². The van der Waals surface area contributed by atoms with Gasteiger partial charge in [0, 0.05) is 5.56 Å². The molecule has 0 fully saturated rings. The van der Waals surface area contributed by atoms with Gasteiger partial charge in [-0.2, -0.15) is 5.10 Å². The van der Waals surface area contributed by atoms with Crippen molar-refractivity contribution in [3.63, 3.8) is 0 Å². The molecular weight excluding hydrogens is 195 g/mol. The van der Waals surface area contributed by atoms with Crippen molar-refractivity contribution in [1.82, 2.24) is 10.2 Å². The van der Waals surface area contributed by atoms with Crippen LogP contribution in [0, 0.1) is 12.7 Å². The molecule has 0 aliphatic heterocycles. The first-order chi connectivity index (χ1) is 7.20. The molecule has 3 nitrogen and oxygen atoms in total. The molecule has 0 aliphatic carbocycles. The highest BCUT2D eigenvalue weighted by atomic mass is 19.1. The van der Waals surface area contributed by atoms with Gasteiger partial charge in [0.25, 0.3) is 0 Å². The van der Waals surface area contributed by atoms with E-state index in [4.69, 9.17) is 0 Å². The van der Waals surface area contributed by atoms with Crippen molar-refractivity contribution in [1.29, 1.82) is 0 Å². The van der Waals surface area contributed by atoms with Gasteiger partial charge < -0.3 is 0 Å². The Kier molecular flexibility index (Phi) is 2.33. The summed E-state index contributed by atoms with van der Waals surface area (Å²) < 4.78 is 13.2. The Hall–Kier alpha value is -1.97. The topological polar surface area (TPSA) is 45.8 Å². The lowest BCUT2D eigenvalue weighted by Gasteiger charge is -1.98. The maximum absolute atomic E-state index is 13.2. The van der Waals surface area contributed by atoms with E-state index in [1.54, 1.807) is 25.1 Å². The van der Waals surface area contributed by atoms with Crippen LogP contribution in [0.5, 0.6) is 0 Å². The summed E-state index contributed by atoms with van der Waals surface area (Å²) in [5.74, 6) is -0.275. The molecule has 0 unspecified atom stereocenters.